The number of aryl methyl sites for hydroxylation is 1. The molecule has 0 radical (unpaired) electrons. The van der Waals surface area contributed by atoms with E-state index in [9.17, 15) is 14.0 Å². The predicted octanol–water partition coefficient (Wildman–Crippen LogP) is 5.23. The molecule has 2 amide bonds. The van der Waals surface area contributed by atoms with Crippen LogP contribution in [0.4, 0.5) is 4.39 Å². The van der Waals surface area contributed by atoms with Gasteiger partial charge in [-0.15, -0.1) is 11.3 Å². The maximum Gasteiger partial charge on any atom is 0.274 e. The molecule has 1 aliphatic rings. The van der Waals surface area contributed by atoms with Gasteiger partial charge < -0.3 is 10.2 Å². The molecule has 6 nitrogen and oxygen atoms in total. The van der Waals surface area contributed by atoms with Crippen LogP contribution in [0.15, 0.2) is 60.8 Å². The molecule has 1 N–H and O–H groups in total. The van der Waals surface area contributed by atoms with Gasteiger partial charge in [0.1, 0.15) is 11.5 Å². The Labute approximate surface area is 206 Å². The number of nitrogens with zero attached hydrogens (tertiary/aromatic N) is 3. The molecule has 0 bridgehead atoms. The van der Waals surface area contributed by atoms with Gasteiger partial charge in [0.25, 0.3) is 11.8 Å². The van der Waals surface area contributed by atoms with E-state index in [1.165, 1.54) is 23.5 Å². The standard InChI is InChI=1S/C27H25FN4O2S/c1-17-31-24(25(35-17)19-10-12-20(28)13-11-19)27(34)32-15-3-2-8-21(32)16-30-26(33)22-9-4-6-18-7-5-14-29-23(18)22/h4-7,9-14,21H,2-3,8,15-16H2,1H3,(H,30,33)/t21-/m0/s1. The van der Waals surface area contributed by atoms with E-state index >= 15 is 0 Å². The van der Waals surface area contributed by atoms with Gasteiger partial charge in [-0.25, -0.2) is 9.37 Å². The fraction of sp³-hybridized carbons (Fsp3) is 0.259. The van der Waals surface area contributed by atoms with Gasteiger partial charge in [0.2, 0.25) is 0 Å². The topological polar surface area (TPSA) is 75.2 Å². The number of amides is 2. The van der Waals surface area contributed by atoms with E-state index in [0.717, 1.165) is 40.1 Å². The van der Waals surface area contributed by atoms with Gasteiger partial charge in [0.15, 0.2) is 0 Å². The van der Waals surface area contributed by atoms with Crippen LogP contribution in [0.25, 0.3) is 21.3 Å². The van der Waals surface area contributed by atoms with Gasteiger partial charge in [0, 0.05) is 30.7 Å². The number of hydrogen-bond donors (Lipinski definition) is 1. The van der Waals surface area contributed by atoms with Crippen LogP contribution in [0.2, 0.25) is 0 Å². The highest BCUT2D eigenvalue weighted by atomic mass is 32.1. The number of thiazole rings is 1. The first-order chi connectivity index (χ1) is 17.0. The van der Waals surface area contributed by atoms with Gasteiger partial charge in [-0.3, -0.25) is 14.6 Å². The second kappa shape index (κ2) is 9.92. The second-order valence-corrected chi connectivity index (χ2v) is 9.86. The largest absolute Gasteiger partial charge is 0.350 e. The lowest BCUT2D eigenvalue weighted by Crippen LogP contribution is -2.49. The summed E-state index contributed by atoms with van der Waals surface area (Å²) in [6, 6.07) is 15.3. The van der Waals surface area contributed by atoms with Crippen LogP contribution >= 0.6 is 11.3 Å². The lowest BCUT2D eigenvalue weighted by atomic mass is 10.0. The Hall–Kier alpha value is -3.65. The zero-order valence-electron chi connectivity index (χ0n) is 19.3. The zero-order chi connectivity index (χ0) is 24.4. The maximum atomic E-state index is 13.6. The molecule has 3 heterocycles. The number of benzene rings is 2. The Balaban J connectivity index is 1.35. The summed E-state index contributed by atoms with van der Waals surface area (Å²) in [5.41, 5.74) is 2.33. The molecule has 0 unspecified atom stereocenters. The third kappa shape index (κ3) is 4.79. The van der Waals surface area contributed by atoms with E-state index in [1.807, 2.05) is 36.1 Å². The van der Waals surface area contributed by atoms with Crippen LogP contribution < -0.4 is 5.32 Å². The highest BCUT2D eigenvalue weighted by Gasteiger charge is 2.31. The molecule has 0 spiro atoms. The Morgan fingerprint density at radius 1 is 1.11 bits per heavy atom. The zero-order valence-corrected chi connectivity index (χ0v) is 20.1. The third-order valence-electron chi connectivity index (χ3n) is 6.31. The first-order valence-electron chi connectivity index (χ1n) is 11.7. The molecular formula is C27H25FN4O2S. The number of hydrogen-bond acceptors (Lipinski definition) is 5. The molecule has 1 atom stereocenters. The van der Waals surface area contributed by atoms with E-state index in [0.29, 0.717) is 29.9 Å². The van der Waals surface area contributed by atoms with Gasteiger partial charge in [-0.1, -0.05) is 30.3 Å². The summed E-state index contributed by atoms with van der Waals surface area (Å²) in [6.45, 7) is 2.82. The van der Waals surface area contributed by atoms with Gasteiger partial charge >= 0.3 is 0 Å². The van der Waals surface area contributed by atoms with Crippen molar-refractivity contribution in [2.45, 2.75) is 32.2 Å². The molecule has 4 aromatic rings. The summed E-state index contributed by atoms with van der Waals surface area (Å²) >= 11 is 1.43. The van der Waals surface area contributed by atoms with Crippen molar-refractivity contribution in [3.8, 4) is 10.4 Å². The van der Waals surface area contributed by atoms with Crippen molar-refractivity contribution >= 4 is 34.1 Å². The molecule has 1 fully saturated rings. The first-order valence-corrected chi connectivity index (χ1v) is 12.5. The number of aromatic nitrogens is 2. The molecule has 178 valence electrons. The van der Waals surface area contributed by atoms with Gasteiger partial charge in [0.05, 0.1) is 21.0 Å². The van der Waals surface area contributed by atoms with Crippen LogP contribution in [0.5, 0.6) is 0 Å². The number of piperidine rings is 1. The monoisotopic (exact) mass is 488 g/mol. The molecule has 0 aliphatic carbocycles. The van der Waals surface area contributed by atoms with Crippen LogP contribution in [-0.4, -0.2) is 45.8 Å². The summed E-state index contributed by atoms with van der Waals surface area (Å²) in [7, 11) is 0. The van der Waals surface area contributed by atoms with Crippen molar-refractivity contribution < 1.29 is 14.0 Å². The molecule has 35 heavy (non-hydrogen) atoms. The number of pyridine rings is 1. The normalized spacial score (nSPS) is 15.8. The van der Waals surface area contributed by atoms with Crippen molar-refractivity contribution in [2.75, 3.05) is 13.1 Å². The summed E-state index contributed by atoms with van der Waals surface area (Å²) < 4.78 is 13.4. The fourth-order valence-electron chi connectivity index (χ4n) is 4.58. The van der Waals surface area contributed by atoms with E-state index in [1.54, 1.807) is 24.4 Å². The van der Waals surface area contributed by atoms with Gasteiger partial charge in [-0.05, 0) is 56.0 Å². The first kappa shape index (κ1) is 23.1. The number of carbonyl (C=O) groups excluding carboxylic acids is 2. The van der Waals surface area contributed by atoms with Crippen molar-refractivity contribution in [1.82, 2.24) is 20.2 Å². The van der Waals surface area contributed by atoms with Crippen LogP contribution in [-0.2, 0) is 0 Å². The third-order valence-corrected chi connectivity index (χ3v) is 7.33. The van der Waals surface area contributed by atoms with E-state index in [-0.39, 0.29) is 23.7 Å². The van der Waals surface area contributed by atoms with Crippen LogP contribution in [0.1, 0.15) is 45.1 Å². The van der Waals surface area contributed by atoms with E-state index in [2.05, 4.69) is 15.3 Å². The smallest absolute Gasteiger partial charge is 0.274 e. The van der Waals surface area contributed by atoms with Crippen molar-refractivity contribution in [2.24, 2.45) is 0 Å². The van der Waals surface area contributed by atoms with Crippen molar-refractivity contribution in [3.05, 3.63) is 82.9 Å². The Morgan fingerprint density at radius 2 is 1.91 bits per heavy atom. The summed E-state index contributed by atoms with van der Waals surface area (Å²) in [4.78, 5) is 38.1. The molecule has 1 aliphatic heterocycles. The average molecular weight is 489 g/mol. The number of halogens is 1. The van der Waals surface area contributed by atoms with E-state index in [4.69, 9.17) is 0 Å². The van der Waals surface area contributed by atoms with Gasteiger partial charge in [-0.2, -0.15) is 0 Å². The number of fused-ring (bicyclic) bond motifs is 1. The average Bonchev–Trinajstić information content (AvgIpc) is 3.28. The fourth-order valence-corrected chi connectivity index (χ4v) is 5.49. The van der Waals surface area contributed by atoms with Crippen molar-refractivity contribution in [3.63, 3.8) is 0 Å². The molecule has 2 aromatic heterocycles. The number of carbonyl (C=O) groups is 2. The number of rotatable bonds is 5. The molecule has 2 aromatic carbocycles. The minimum Gasteiger partial charge on any atom is -0.350 e. The minimum atomic E-state index is -0.323. The molecule has 8 heteroatoms. The maximum absolute atomic E-state index is 13.6. The number of nitrogens with one attached hydrogen (secondary N) is 1. The SMILES string of the molecule is Cc1nc(C(=O)N2CCCC[C@H]2CNC(=O)c2cccc3cccnc23)c(-c2ccc(F)cc2)s1. The summed E-state index contributed by atoms with van der Waals surface area (Å²) in [5.74, 6) is -0.681. The number of para-hydroxylation sites is 1. The summed E-state index contributed by atoms with van der Waals surface area (Å²) in [5, 5.41) is 4.70. The Morgan fingerprint density at radius 3 is 2.74 bits per heavy atom. The lowest BCUT2D eigenvalue weighted by Gasteiger charge is -2.35. The predicted molar refractivity (Wildman–Crippen MR) is 135 cm³/mol. The Bertz CT molecular complexity index is 1380. The number of likely N-dealkylation sites (tertiary alicyclic amines) is 1. The van der Waals surface area contributed by atoms with Crippen LogP contribution in [0.3, 0.4) is 0 Å². The highest BCUT2D eigenvalue weighted by molar-refractivity contribution is 7.15. The van der Waals surface area contributed by atoms with E-state index < -0.39 is 0 Å². The highest BCUT2D eigenvalue weighted by Crippen LogP contribution is 2.32. The molecule has 0 saturated carbocycles. The Kier molecular flexibility index (Phi) is 6.55. The summed E-state index contributed by atoms with van der Waals surface area (Å²) in [6.07, 6.45) is 4.36. The minimum absolute atomic E-state index is 0.133. The quantitative estimate of drug-likeness (QED) is 0.417. The molecule has 1 saturated heterocycles. The molecular weight excluding hydrogens is 463 g/mol. The lowest BCUT2D eigenvalue weighted by molar-refractivity contribution is 0.0598. The van der Waals surface area contributed by atoms with Crippen LogP contribution in [0, 0.1) is 12.7 Å². The molecule has 5 rings (SSSR count). The van der Waals surface area contributed by atoms with Crippen molar-refractivity contribution in [1.29, 1.82) is 0 Å². The second-order valence-electron chi connectivity index (χ2n) is 8.66.